The second-order valence-corrected chi connectivity index (χ2v) is 4.28. The van der Waals surface area contributed by atoms with Gasteiger partial charge >= 0.3 is 0 Å². The van der Waals surface area contributed by atoms with Gasteiger partial charge in [-0.3, -0.25) is 4.79 Å². The lowest BCUT2D eigenvalue weighted by Crippen LogP contribution is -2.36. The van der Waals surface area contributed by atoms with Crippen LogP contribution >= 0.6 is 0 Å². The first-order valence-electron chi connectivity index (χ1n) is 4.84. The number of hydrogen-bond donors (Lipinski definition) is 1. The topological polar surface area (TPSA) is 29.1 Å². The van der Waals surface area contributed by atoms with Crippen molar-refractivity contribution in [2.24, 2.45) is 17.8 Å². The lowest BCUT2D eigenvalue weighted by atomic mass is 9.69. The van der Waals surface area contributed by atoms with E-state index in [0.717, 1.165) is 24.3 Å². The summed E-state index contributed by atoms with van der Waals surface area (Å²) in [6.45, 7) is 7.02. The Bertz CT molecular complexity index is 159. The molecule has 0 bridgehead atoms. The van der Waals surface area contributed by atoms with Gasteiger partial charge in [-0.2, -0.15) is 0 Å². The zero-order valence-electron chi connectivity index (χ0n) is 8.26. The standard InChI is InChI=1S/C10H19NO/c1-7(2)10-4-9(5-10)6-11-8(3)12/h7,9-10H,4-6H2,1-3H3,(H,11,12)/t9-,10+. The Labute approximate surface area is 74.7 Å². The van der Waals surface area contributed by atoms with Gasteiger partial charge in [0.15, 0.2) is 0 Å². The van der Waals surface area contributed by atoms with Crippen molar-refractivity contribution in [3.8, 4) is 0 Å². The summed E-state index contributed by atoms with van der Waals surface area (Å²) < 4.78 is 0. The molecule has 0 spiro atoms. The van der Waals surface area contributed by atoms with Crippen LogP contribution in [0.25, 0.3) is 0 Å². The summed E-state index contributed by atoms with van der Waals surface area (Å²) in [6, 6.07) is 0. The molecular formula is C10H19NO. The molecule has 0 aromatic heterocycles. The molecule has 0 heterocycles. The Balaban J connectivity index is 2.06. The molecule has 1 rings (SSSR count). The molecule has 1 aliphatic rings. The van der Waals surface area contributed by atoms with Crippen molar-refractivity contribution >= 4 is 5.91 Å². The third kappa shape index (κ3) is 2.50. The zero-order valence-corrected chi connectivity index (χ0v) is 8.26. The maximum absolute atomic E-state index is 10.6. The number of carbonyl (C=O) groups excluding carboxylic acids is 1. The maximum Gasteiger partial charge on any atom is 0.216 e. The van der Waals surface area contributed by atoms with Gasteiger partial charge in [-0.1, -0.05) is 13.8 Å². The predicted octanol–water partition coefficient (Wildman–Crippen LogP) is 1.80. The summed E-state index contributed by atoms with van der Waals surface area (Å²) in [5, 5.41) is 2.87. The molecule has 70 valence electrons. The van der Waals surface area contributed by atoms with Gasteiger partial charge in [0.1, 0.15) is 0 Å². The third-order valence-corrected chi connectivity index (χ3v) is 2.85. The summed E-state index contributed by atoms with van der Waals surface area (Å²) in [5.41, 5.74) is 0. The van der Waals surface area contributed by atoms with Crippen LogP contribution in [0.1, 0.15) is 33.6 Å². The quantitative estimate of drug-likeness (QED) is 0.686. The van der Waals surface area contributed by atoms with Gasteiger partial charge in [0.05, 0.1) is 0 Å². The van der Waals surface area contributed by atoms with Crippen LogP contribution in [0.5, 0.6) is 0 Å². The SMILES string of the molecule is CC(=O)NC[C@H]1C[C@@H](C(C)C)C1. The Morgan fingerprint density at radius 3 is 2.50 bits per heavy atom. The van der Waals surface area contributed by atoms with E-state index >= 15 is 0 Å². The van der Waals surface area contributed by atoms with Gasteiger partial charge in [0.2, 0.25) is 5.91 Å². The highest BCUT2D eigenvalue weighted by molar-refractivity contribution is 5.72. The summed E-state index contributed by atoms with van der Waals surface area (Å²) in [5.74, 6) is 2.58. The van der Waals surface area contributed by atoms with Crippen molar-refractivity contribution in [1.82, 2.24) is 5.32 Å². The smallest absolute Gasteiger partial charge is 0.216 e. The molecule has 1 saturated carbocycles. The summed E-state index contributed by atoms with van der Waals surface area (Å²) in [6.07, 6.45) is 2.61. The van der Waals surface area contributed by atoms with E-state index in [0.29, 0.717) is 0 Å². The molecular weight excluding hydrogens is 150 g/mol. The molecule has 0 aliphatic heterocycles. The van der Waals surface area contributed by atoms with Gasteiger partial charge in [-0.05, 0) is 30.6 Å². The van der Waals surface area contributed by atoms with Crippen LogP contribution < -0.4 is 5.32 Å². The van der Waals surface area contributed by atoms with Crippen LogP contribution in [0.4, 0.5) is 0 Å². The minimum atomic E-state index is 0.1000. The van der Waals surface area contributed by atoms with Crippen LogP contribution in [0.2, 0.25) is 0 Å². The van der Waals surface area contributed by atoms with E-state index in [2.05, 4.69) is 19.2 Å². The van der Waals surface area contributed by atoms with Crippen molar-refractivity contribution in [3.63, 3.8) is 0 Å². The monoisotopic (exact) mass is 169 g/mol. The van der Waals surface area contributed by atoms with E-state index in [9.17, 15) is 4.79 Å². The zero-order chi connectivity index (χ0) is 9.14. The van der Waals surface area contributed by atoms with E-state index in [1.54, 1.807) is 6.92 Å². The highest BCUT2D eigenvalue weighted by Crippen LogP contribution is 2.38. The lowest BCUT2D eigenvalue weighted by Gasteiger charge is -2.38. The highest BCUT2D eigenvalue weighted by atomic mass is 16.1. The van der Waals surface area contributed by atoms with Crippen LogP contribution in [0.3, 0.4) is 0 Å². The first kappa shape index (κ1) is 9.56. The minimum absolute atomic E-state index is 0.1000. The first-order valence-corrected chi connectivity index (χ1v) is 4.84. The van der Waals surface area contributed by atoms with Gasteiger partial charge in [-0.15, -0.1) is 0 Å². The Morgan fingerprint density at radius 2 is 2.08 bits per heavy atom. The molecule has 1 N–H and O–H groups in total. The Hall–Kier alpha value is -0.530. The fraction of sp³-hybridized carbons (Fsp3) is 0.900. The molecule has 2 nitrogen and oxygen atoms in total. The van der Waals surface area contributed by atoms with Crippen LogP contribution in [0.15, 0.2) is 0 Å². The fourth-order valence-electron chi connectivity index (χ4n) is 1.79. The summed E-state index contributed by atoms with van der Waals surface area (Å²) >= 11 is 0. The second-order valence-electron chi connectivity index (χ2n) is 4.28. The van der Waals surface area contributed by atoms with Crippen LogP contribution in [-0.4, -0.2) is 12.5 Å². The molecule has 0 saturated heterocycles. The Morgan fingerprint density at radius 1 is 1.50 bits per heavy atom. The highest BCUT2D eigenvalue weighted by Gasteiger charge is 2.30. The molecule has 0 atom stereocenters. The second kappa shape index (κ2) is 3.92. The van der Waals surface area contributed by atoms with Crippen molar-refractivity contribution < 1.29 is 4.79 Å². The Kier molecular flexibility index (Phi) is 3.12. The average Bonchev–Trinajstić information content (AvgIpc) is 1.82. The molecule has 12 heavy (non-hydrogen) atoms. The van der Waals surface area contributed by atoms with Gasteiger partial charge < -0.3 is 5.32 Å². The molecule has 2 heteroatoms. The van der Waals surface area contributed by atoms with Crippen molar-refractivity contribution in [2.45, 2.75) is 33.6 Å². The average molecular weight is 169 g/mol. The molecule has 1 aliphatic carbocycles. The van der Waals surface area contributed by atoms with Gasteiger partial charge in [-0.25, -0.2) is 0 Å². The molecule has 0 aromatic carbocycles. The maximum atomic E-state index is 10.6. The number of amides is 1. The largest absolute Gasteiger partial charge is 0.356 e. The van der Waals surface area contributed by atoms with Gasteiger partial charge in [0.25, 0.3) is 0 Å². The van der Waals surface area contributed by atoms with Crippen LogP contribution in [0, 0.1) is 17.8 Å². The number of rotatable bonds is 3. The third-order valence-electron chi connectivity index (χ3n) is 2.85. The molecule has 1 amide bonds. The van der Waals surface area contributed by atoms with E-state index in [-0.39, 0.29) is 5.91 Å². The fourth-order valence-corrected chi connectivity index (χ4v) is 1.79. The van der Waals surface area contributed by atoms with E-state index in [4.69, 9.17) is 0 Å². The molecule has 0 radical (unpaired) electrons. The van der Waals surface area contributed by atoms with Crippen molar-refractivity contribution in [3.05, 3.63) is 0 Å². The molecule has 0 unspecified atom stereocenters. The summed E-state index contributed by atoms with van der Waals surface area (Å²) in [4.78, 5) is 10.6. The van der Waals surface area contributed by atoms with E-state index < -0.39 is 0 Å². The van der Waals surface area contributed by atoms with Crippen molar-refractivity contribution in [1.29, 1.82) is 0 Å². The number of carbonyl (C=O) groups is 1. The molecule has 1 fully saturated rings. The first-order chi connectivity index (χ1) is 5.59. The van der Waals surface area contributed by atoms with Gasteiger partial charge in [0, 0.05) is 13.5 Å². The lowest BCUT2D eigenvalue weighted by molar-refractivity contribution is -0.119. The van der Waals surface area contributed by atoms with Crippen molar-refractivity contribution in [2.75, 3.05) is 6.54 Å². The number of nitrogens with one attached hydrogen (secondary N) is 1. The normalized spacial score (nSPS) is 28.3. The molecule has 0 aromatic rings. The van der Waals surface area contributed by atoms with E-state index in [1.807, 2.05) is 0 Å². The van der Waals surface area contributed by atoms with Crippen LogP contribution in [-0.2, 0) is 4.79 Å². The predicted molar refractivity (Wildman–Crippen MR) is 49.7 cm³/mol. The minimum Gasteiger partial charge on any atom is -0.356 e. The van der Waals surface area contributed by atoms with E-state index in [1.165, 1.54) is 12.8 Å². The number of hydrogen-bond acceptors (Lipinski definition) is 1. The summed E-state index contributed by atoms with van der Waals surface area (Å²) in [7, 11) is 0.